The number of carbonyl (C=O) groups excluding carboxylic acids is 1. The quantitative estimate of drug-likeness (QED) is 0.302. The number of fused-ring (bicyclic) bond motifs is 1. The van der Waals surface area contributed by atoms with Gasteiger partial charge in [0, 0.05) is 68.6 Å². The SMILES string of the molecule is Cn1cc(Cn2c(-c3cc4cccc5c4n3CCN5CCCO)nc3cc(C(=O)N4C[C@@H](N)C[C@H](F)C4)cc(F)c32)cn1. The van der Waals surface area contributed by atoms with E-state index in [-0.39, 0.29) is 37.2 Å². The second-order valence-corrected chi connectivity index (χ2v) is 11.6. The maximum atomic E-state index is 16.1. The van der Waals surface area contributed by atoms with Crippen LogP contribution in [-0.4, -0.2) is 84.8 Å². The van der Waals surface area contributed by atoms with Crippen LogP contribution >= 0.6 is 0 Å². The van der Waals surface area contributed by atoms with Gasteiger partial charge in [-0.15, -0.1) is 0 Å². The van der Waals surface area contributed by atoms with E-state index in [1.54, 1.807) is 16.9 Å². The van der Waals surface area contributed by atoms with Gasteiger partial charge in [-0.25, -0.2) is 13.8 Å². The number of likely N-dealkylation sites (tertiary alicyclic amines) is 1. The molecule has 0 aliphatic carbocycles. The fourth-order valence-corrected chi connectivity index (χ4v) is 6.66. The van der Waals surface area contributed by atoms with E-state index in [0.29, 0.717) is 30.9 Å². The predicted octanol–water partition coefficient (Wildman–Crippen LogP) is 3.29. The summed E-state index contributed by atoms with van der Waals surface area (Å²) in [5, 5.41) is 14.7. The van der Waals surface area contributed by atoms with E-state index in [0.717, 1.165) is 40.9 Å². The average molecular weight is 589 g/mol. The van der Waals surface area contributed by atoms with E-state index in [1.807, 2.05) is 23.9 Å². The number of amides is 1. The van der Waals surface area contributed by atoms with E-state index in [9.17, 15) is 14.3 Å². The molecule has 43 heavy (non-hydrogen) atoms. The maximum Gasteiger partial charge on any atom is 0.254 e. The number of aliphatic hydroxyl groups excluding tert-OH is 1. The lowest BCUT2D eigenvalue weighted by Crippen LogP contribution is -2.50. The van der Waals surface area contributed by atoms with E-state index in [4.69, 9.17) is 10.7 Å². The summed E-state index contributed by atoms with van der Waals surface area (Å²) in [5.74, 6) is -0.456. The Morgan fingerprint density at radius 3 is 2.79 bits per heavy atom. The molecule has 224 valence electrons. The summed E-state index contributed by atoms with van der Waals surface area (Å²) in [6.07, 6.45) is 3.30. The number of aryl methyl sites for hydroxylation is 1. The number of carbonyl (C=O) groups is 1. The van der Waals surface area contributed by atoms with Crippen molar-refractivity contribution >= 4 is 33.5 Å². The van der Waals surface area contributed by atoms with Crippen LogP contribution in [0.4, 0.5) is 14.5 Å². The number of alkyl halides is 1. The van der Waals surface area contributed by atoms with Gasteiger partial charge in [0.25, 0.3) is 5.91 Å². The summed E-state index contributed by atoms with van der Waals surface area (Å²) in [6.45, 7) is 2.82. The molecular formula is C31H34F2N8O2. The molecule has 1 amide bonds. The molecule has 1 saturated heterocycles. The standard InChI is InChI=1S/C31H34F2N8O2/c1-37-15-19(14-35-37)16-41-29-24(33)10-21(31(43)39-17-22(32)13-23(34)18-39)11-25(29)36-30(41)27-12-20-4-2-5-26-28(20)40(27)8-7-38(26)6-3-9-42/h2,4-5,10-12,14-15,22-23,42H,3,6-9,13,16-18,34H2,1H3/t22-,23-/m0/s1. The van der Waals surface area contributed by atoms with Gasteiger partial charge in [-0.05, 0) is 37.1 Å². The predicted molar refractivity (Wildman–Crippen MR) is 160 cm³/mol. The third-order valence-electron chi connectivity index (χ3n) is 8.51. The van der Waals surface area contributed by atoms with Crippen molar-refractivity contribution in [1.29, 1.82) is 0 Å². The van der Waals surface area contributed by atoms with Gasteiger partial charge in [-0.1, -0.05) is 12.1 Å². The molecule has 0 radical (unpaired) electrons. The van der Waals surface area contributed by atoms with E-state index in [1.165, 1.54) is 11.0 Å². The van der Waals surface area contributed by atoms with E-state index >= 15 is 4.39 Å². The highest BCUT2D eigenvalue weighted by atomic mass is 19.1. The molecule has 0 spiro atoms. The molecule has 5 aromatic rings. The van der Waals surface area contributed by atoms with Crippen LogP contribution in [0.1, 0.15) is 28.8 Å². The van der Waals surface area contributed by atoms with Crippen molar-refractivity contribution in [3.05, 3.63) is 65.7 Å². The fourth-order valence-electron chi connectivity index (χ4n) is 6.66. The number of hydrogen-bond donors (Lipinski definition) is 2. The number of halogens is 2. The normalized spacial score (nSPS) is 18.7. The van der Waals surface area contributed by atoms with Crippen LogP contribution < -0.4 is 10.6 Å². The number of imidazole rings is 1. The van der Waals surface area contributed by atoms with Crippen LogP contribution in [0.2, 0.25) is 0 Å². The molecule has 2 aromatic carbocycles. The van der Waals surface area contributed by atoms with Crippen LogP contribution in [0.5, 0.6) is 0 Å². The fraction of sp³-hybridized carbons (Fsp3) is 0.387. The molecular weight excluding hydrogens is 554 g/mol. The highest BCUT2D eigenvalue weighted by molar-refractivity contribution is 5.99. The van der Waals surface area contributed by atoms with Crippen molar-refractivity contribution in [1.82, 2.24) is 28.8 Å². The first kappa shape index (κ1) is 27.5. The third kappa shape index (κ3) is 4.84. The Hall–Kier alpha value is -4.29. The van der Waals surface area contributed by atoms with Gasteiger partial charge < -0.3 is 29.8 Å². The number of piperidine rings is 1. The Kier molecular flexibility index (Phi) is 6.89. The van der Waals surface area contributed by atoms with Crippen molar-refractivity contribution in [2.45, 2.75) is 38.1 Å². The topological polar surface area (TPSA) is 110 Å². The number of aliphatic hydroxyl groups is 1. The highest BCUT2D eigenvalue weighted by Gasteiger charge is 2.31. The Labute approximate surface area is 246 Å². The molecule has 0 unspecified atom stereocenters. The van der Waals surface area contributed by atoms with Gasteiger partial charge >= 0.3 is 0 Å². The molecule has 1 fully saturated rings. The molecule has 0 bridgehead atoms. The Balaban J connectivity index is 1.37. The number of hydrogen-bond acceptors (Lipinski definition) is 6. The zero-order valence-corrected chi connectivity index (χ0v) is 24.0. The maximum absolute atomic E-state index is 16.1. The summed E-state index contributed by atoms with van der Waals surface area (Å²) in [4.78, 5) is 22.0. The molecule has 0 saturated carbocycles. The Morgan fingerprint density at radius 1 is 1.16 bits per heavy atom. The first-order valence-corrected chi connectivity index (χ1v) is 14.7. The van der Waals surface area contributed by atoms with Crippen molar-refractivity contribution in [2.24, 2.45) is 12.8 Å². The van der Waals surface area contributed by atoms with Gasteiger partial charge in [-0.3, -0.25) is 9.48 Å². The minimum Gasteiger partial charge on any atom is -0.396 e. The molecule has 5 heterocycles. The summed E-state index contributed by atoms with van der Waals surface area (Å²) in [6, 6.07) is 10.6. The average Bonchev–Trinajstić information content (AvgIpc) is 3.68. The van der Waals surface area contributed by atoms with Crippen molar-refractivity contribution < 1.29 is 18.7 Å². The Morgan fingerprint density at radius 2 is 2.02 bits per heavy atom. The van der Waals surface area contributed by atoms with Gasteiger partial charge in [0.2, 0.25) is 0 Å². The van der Waals surface area contributed by atoms with Gasteiger partial charge in [0.1, 0.15) is 17.5 Å². The lowest BCUT2D eigenvalue weighted by Gasteiger charge is -2.33. The number of nitrogens with two attached hydrogens (primary N) is 1. The molecule has 3 N–H and O–H groups in total. The molecule has 3 aromatic heterocycles. The van der Waals surface area contributed by atoms with Crippen molar-refractivity contribution in [3.63, 3.8) is 0 Å². The summed E-state index contributed by atoms with van der Waals surface area (Å²) in [7, 11) is 1.83. The second kappa shape index (κ2) is 10.8. The van der Waals surface area contributed by atoms with Crippen LogP contribution in [-0.2, 0) is 20.1 Å². The van der Waals surface area contributed by atoms with Crippen LogP contribution in [0, 0.1) is 5.82 Å². The number of rotatable bonds is 7. The third-order valence-corrected chi connectivity index (χ3v) is 8.51. The van der Waals surface area contributed by atoms with Crippen LogP contribution in [0.15, 0.2) is 48.8 Å². The molecule has 2 aliphatic rings. The monoisotopic (exact) mass is 588 g/mol. The molecule has 12 heteroatoms. The number of para-hydroxylation sites is 1. The van der Waals surface area contributed by atoms with E-state index in [2.05, 4.69) is 32.8 Å². The van der Waals surface area contributed by atoms with Crippen LogP contribution in [0.25, 0.3) is 33.5 Å². The summed E-state index contributed by atoms with van der Waals surface area (Å²) < 4.78 is 36.1. The Bertz CT molecular complexity index is 1830. The molecule has 10 nitrogen and oxygen atoms in total. The minimum absolute atomic E-state index is 0.0648. The van der Waals surface area contributed by atoms with Gasteiger partial charge in [0.05, 0.1) is 41.7 Å². The zero-order chi connectivity index (χ0) is 29.8. The zero-order valence-electron chi connectivity index (χ0n) is 24.0. The van der Waals surface area contributed by atoms with Gasteiger partial charge in [-0.2, -0.15) is 5.10 Å². The largest absolute Gasteiger partial charge is 0.396 e. The lowest BCUT2D eigenvalue weighted by atomic mass is 10.0. The lowest BCUT2D eigenvalue weighted by molar-refractivity contribution is 0.0606. The summed E-state index contributed by atoms with van der Waals surface area (Å²) >= 11 is 0. The smallest absolute Gasteiger partial charge is 0.254 e. The highest BCUT2D eigenvalue weighted by Crippen LogP contribution is 2.38. The van der Waals surface area contributed by atoms with Crippen LogP contribution in [0.3, 0.4) is 0 Å². The number of anilines is 1. The number of benzene rings is 2. The van der Waals surface area contributed by atoms with Crippen molar-refractivity contribution in [2.75, 3.05) is 37.7 Å². The first-order valence-electron chi connectivity index (χ1n) is 14.7. The van der Waals surface area contributed by atoms with E-state index < -0.39 is 23.9 Å². The number of aromatic nitrogens is 5. The van der Waals surface area contributed by atoms with Crippen molar-refractivity contribution in [3.8, 4) is 11.5 Å². The second-order valence-electron chi connectivity index (χ2n) is 11.6. The molecule has 2 aliphatic heterocycles. The first-order chi connectivity index (χ1) is 20.8. The number of nitrogens with zero attached hydrogens (tertiary/aromatic N) is 7. The molecule has 2 atom stereocenters. The summed E-state index contributed by atoms with van der Waals surface area (Å²) in [5.41, 5.74) is 10.6. The minimum atomic E-state index is -1.21. The molecule has 7 rings (SSSR count). The van der Waals surface area contributed by atoms with Gasteiger partial charge in [0.15, 0.2) is 5.82 Å².